The lowest BCUT2D eigenvalue weighted by Crippen LogP contribution is -2.17. The normalized spacial score (nSPS) is 11.8. The molecule has 0 bridgehead atoms. The lowest BCUT2D eigenvalue weighted by Gasteiger charge is -2.01. The van der Waals surface area contributed by atoms with Crippen LogP contribution < -0.4 is 11.1 Å². The zero-order valence-corrected chi connectivity index (χ0v) is 20.1. The van der Waals surface area contributed by atoms with Crippen molar-refractivity contribution in [3.05, 3.63) is 102 Å². The van der Waals surface area contributed by atoms with E-state index >= 15 is 0 Å². The molecular formula is C24H22Cl2N6O2. The summed E-state index contributed by atoms with van der Waals surface area (Å²) in [6.45, 7) is 4.34. The van der Waals surface area contributed by atoms with Gasteiger partial charge in [0.1, 0.15) is 0 Å². The monoisotopic (exact) mass is 496 g/mol. The summed E-state index contributed by atoms with van der Waals surface area (Å²) in [7, 11) is 0. The van der Waals surface area contributed by atoms with Gasteiger partial charge >= 0.3 is 0 Å². The van der Waals surface area contributed by atoms with E-state index in [1.165, 1.54) is 9.36 Å². The molecular weight excluding hydrogens is 475 g/mol. The van der Waals surface area contributed by atoms with Crippen molar-refractivity contribution in [1.29, 1.82) is 0 Å². The topological polar surface area (TPSA) is 100 Å². The minimum absolute atomic E-state index is 0.212. The van der Waals surface area contributed by atoms with Gasteiger partial charge in [-0.15, -0.1) is 0 Å². The number of nitrogens with zero attached hydrogens (tertiary/aromatic N) is 4. The first kappa shape index (κ1) is 23.5. The largest absolute Gasteiger partial charge is 0.295 e. The van der Waals surface area contributed by atoms with E-state index in [9.17, 15) is 9.59 Å². The molecule has 0 saturated heterocycles. The van der Waals surface area contributed by atoms with Gasteiger partial charge in [-0.05, 0) is 50.2 Å². The predicted octanol–water partition coefficient (Wildman–Crippen LogP) is 4.11. The molecule has 0 amide bonds. The first-order chi connectivity index (χ1) is 16.3. The average Bonchev–Trinajstić information content (AvgIpc) is 3.25. The third kappa shape index (κ3) is 4.98. The van der Waals surface area contributed by atoms with Crippen molar-refractivity contribution in [3.63, 3.8) is 0 Å². The van der Waals surface area contributed by atoms with E-state index in [1.54, 1.807) is 61.0 Å². The molecule has 2 aromatic heterocycles. The van der Waals surface area contributed by atoms with Gasteiger partial charge in [0.25, 0.3) is 11.1 Å². The van der Waals surface area contributed by atoms with Crippen molar-refractivity contribution >= 4 is 35.6 Å². The van der Waals surface area contributed by atoms with Crippen LogP contribution in [0.15, 0.2) is 68.1 Å². The molecule has 0 fully saturated rings. The van der Waals surface area contributed by atoms with Gasteiger partial charge in [0.15, 0.2) is 0 Å². The van der Waals surface area contributed by atoms with Crippen LogP contribution in [-0.2, 0) is 0 Å². The minimum atomic E-state index is -0.212. The summed E-state index contributed by atoms with van der Waals surface area (Å²) in [5.74, 6) is 0. The molecule has 2 aromatic carbocycles. The van der Waals surface area contributed by atoms with Gasteiger partial charge in [0.2, 0.25) is 0 Å². The van der Waals surface area contributed by atoms with Crippen molar-refractivity contribution in [2.24, 2.45) is 9.98 Å². The van der Waals surface area contributed by atoms with Gasteiger partial charge in [-0.1, -0.05) is 35.3 Å². The van der Waals surface area contributed by atoms with Crippen LogP contribution in [0.5, 0.6) is 0 Å². The quantitative estimate of drug-likeness (QED) is 0.297. The van der Waals surface area contributed by atoms with Crippen LogP contribution in [0.1, 0.15) is 22.5 Å². The summed E-state index contributed by atoms with van der Waals surface area (Å²) in [6, 6.07) is 14.1. The molecule has 4 rings (SSSR count). The van der Waals surface area contributed by atoms with E-state index < -0.39 is 0 Å². The SMILES string of the molecule is Cc1[nH]n(-c2cccc(Cl)c2)c(=O)c1C=NCCN=Cc1c(C)[nH]n(-c2cccc(Cl)c2)c1=O. The molecule has 8 nitrogen and oxygen atoms in total. The summed E-state index contributed by atoms with van der Waals surface area (Å²) in [6.07, 6.45) is 3.08. The van der Waals surface area contributed by atoms with Crippen molar-refractivity contribution < 1.29 is 0 Å². The Balaban J connectivity index is 1.43. The Hall–Kier alpha value is -3.62. The number of H-pyrrole nitrogens is 2. The molecule has 2 N–H and O–H groups in total. The van der Waals surface area contributed by atoms with E-state index in [4.69, 9.17) is 23.2 Å². The number of hydrogen-bond acceptors (Lipinski definition) is 4. The van der Waals surface area contributed by atoms with E-state index in [1.807, 2.05) is 13.8 Å². The van der Waals surface area contributed by atoms with Gasteiger partial charge in [-0.25, -0.2) is 9.36 Å². The second-order valence-corrected chi connectivity index (χ2v) is 8.49. The van der Waals surface area contributed by atoms with E-state index in [0.717, 1.165) is 0 Å². The van der Waals surface area contributed by atoms with Crippen LogP contribution in [-0.4, -0.2) is 45.1 Å². The maximum Gasteiger partial charge on any atom is 0.280 e. The Labute approximate surface area is 205 Å². The molecule has 0 radical (unpaired) electrons. The number of benzene rings is 2. The summed E-state index contributed by atoms with van der Waals surface area (Å²) in [5.41, 5.74) is 3.20. The molecule has 0 spiro atoms. The average molecular weight is 497 g/mol. The molecule has 0 aliphatic heterocycles. The van der Waals surface area contributed by atoms with Gasteiger partial charge in [0.05, 0.1) is 35.6 Å². The lowest BCUT2D eigenvalue weighted by atomic mass is 10.3. The summed E-state index contributed by atoms with van der Waals surface area (Å²) in [5, 5.41) is 7.16. The molecule has 0 saturated carbocycles. The van der Waals surface area contributed by atoms with Gasteiger partial charge in [0, 0.05) is 33.9 Å². The lowest BCUT2D eigenvalue weighted by molar-refractivity contribution is 0.835. The van der Waals surface area contributed by atoms with E-state index in [2.05, 4.69) is 20.2 Å². The van der Waals surface area contributed by atoms with Crippen LogP contribution in [0.3, 0.4) is 0 Å². The van der Waals surface area contributed by atoms with Crippen molar-refractivity contribution in [3.8, 4) is 11.4 Å². The number of nitrogens with one attached hydrogen (secondary N) is 2. The number of aromatic amines is 2. The minimum Gasteiger partial charge on any atom is -0.295 e. The summed E-state index contributed by atoms with van der Waals surface area (Å²) in [4.78, 5) is 34.1. The van der Waals surface area contributed by atoms with Crippen LogP contribution >= 0.6 is 23.2 Å². The highest BCUT2D eigenvalue weighted by Crippen LogP contribution is 2.14. The number of hydrogen-bond donors (Lipinski definition) is 2. The molecule has 2 heterocycles. The zero-order chi connectivity index (χ0) is 24.2. The molecule has 0 unspecified atom stereocenters. The number of aliphatic imine (C=N–C) groups is 2. The molecule has 10 heteroatoms. The summed E-state index contributed by atoms with van der Waals surface area (Å²) >= 11 is 12.1. The third-order valence-corrected chi connectivity index (χ3v) is 5.64. The predicted molar refractivity (Wildman–Crippen MR) is 137 cm³/mol. The van der Waals surface area contributed by atoms with Crippen LogP contribution in [0.4, 0.5) is 0 Å². The van der Waals surface area contributed by atoms with Gasteiger partial charge in [-0.3, -0.25) is 29.8 Å². The number of halogens is 2. The number of rotatable bonds is 7. The molecule has 0 aliphatic rings. The van der Waals surface area contributed by atoms with Crippen molar-refractivity contribution in [2.45, 2.75) is 13.8 Å². The highest BCUT2D eigenvalue weighted by molar-refractivity contribution is 6.31. The first-order valence-corrected chi connectivity index (χ1v) is 11.3. The zero-order valence-electron chi connectivity index (χ0n) is 18.5. The second-order valence-electron chi connectivity index (χ2n) is 7.61. The molecule has 4 aromatic rings. The smallest absolute Gasteiger partial charge is 0.280 e. The molecule has 174 valence electrons. The standard InChI is InChI=1S/C24H22Cl2N6O2/c1-15-21(23(33)31(29-15)19-7-3-5-17(25)11-19)13-27-9-10-28-14-22-16(2)30-32(24(22)34)20-8-4-6-18(26)12-20/h3-8,11-14,29-30H,9-10H2,1-2H3. The Morgan fingerprint density at radius 2 is 1.18 bits per heavy atom. The maximum absolute atomic E-state index is 12.7. The van der Waals surface area contributed by atoms with Crippen molar-refractivity contribution in [2.75, 3.05) is 13.1 Å². The maximum atomic E-state index is 12.7. The highest BCUT2D eigenvalue weighted by Gasteiger charge is 2.12. The number of aryl methyl sites for hydroxylation is 2. The third-order valence-electron chi connectivity index (χ3n) is 5.17. The summed E-state index contributed by atoms with van der Waals surface area (Å²) < 4.78 is 2.86. The fraction of sp³-hybridized carbons (Fsp3) is 0.167. The Morgan fingerprint density at radius 3 is 1.56 bits per heavy atom. The fourth-order valence-corrected chi connectivity index (χ4v) is 3.81. The fourth-order valence-electron chi connectivity index (χ4n) is 3.44. The van der Waals surface area contributed by atoms with Crippen LogP contribution in [0, 0.1) is 13.8 Å². The van der Waals surface area contributed by atoms with Crippen molar-refractivity contribution in [1.82, 2.24) is 19.6 Å². The van der Waals surface area contributed by atoms with Gasteiger partial charge in [-0.2, -0.15) is 0 Å². The molecule has 0 aliphatic carbocycles. The van der Waals surface area contributed by atoms with Gasteiger partial charge < -0.3 is 0 Å². The highest BCUT2D eigenvalue weighted by atomic mass is 35.5. The van der Waals surface area contributed by atoms with Crippen LogP contribution in [0.25, 0.3) is 11.4 Å². The Kier molecular flexibility index (Phi) is 7.00. The van der Waals surface area contributed by atoms with E-state index in [-0.39, 0.29) is 11.1 Å². The molecule has 34 heavy (non-hydrogen) atoms. The Morgan fingerprint density at radius 1 is 0.765 bits per heavy atom. The Bertz CT molecular complexity index is 1390. The van der Waals surface area contributed by atoms with E-state index in [0.29, 0.717) is 57.0 Å². The second kappa shape index (κ2) is 10.1. The first-order valence-electron chi connectivity index (χ1n) is 10.5. The molecule has 0 atom stereocenters. The van der Waals surface area contributed by atoms with Crippen LogP contribution in [0.2, 0.25) is 10.0 Å². The number of aromatic nitrogens is 4.